The van der Waals surface area contributed by atoms with E-state index in [9.17, 15) is 4.39 Å². The summed E-state index contributed by atoms with van der Waals surface area (Å²) in [4.78, 5) is 7.98. The second-order valence-corrected chi connectivity index (χ2v) is 3.35. The average molecular weight is 203 g/mol. The number of anilines is 1. The number of aryl methyl sites for hydroxylation is 1. The van der Waals surface area contributed by atoms with E-state index in [-0.39, 0.29) is 5.82 Å². The van der Waals surface area contributed by atoms with Crippen LogP contribution >= 0.6 is 0 Å². The quantitative estimate of drug-likeness (QED) is 0.772. The van der Waals surface area contributed by atoms with Crippen molar-refractivity contribution in [1.29, 1.82) is 0 Å². The van der Waals surface area contributed by atoms with Gasteiger partial charge >= 0.3 is 0 Å². The molecule has 15 heavy (non-hydrogen) atoms. The maximum atomic E-state index is 13.1. The van der Waals surface area contributed by atoms with Crippen LogP contribution in [0.5, 0.6) is 0 Å². The highest BCUT2D eigenvalue weighted by molar-refractivity contribution is 5.60. The van der Waals surface area contributed by atoms with Crippen LogP contribution in [0.15, 0.2) is 30.6 Å². The first kappa shape index (κ1) is 9.58. The van der Waals surface area contributed by atoms with Gasteiger partial charge in [-0.25, -0.2) is 9.37 Å². The lowest BCUT2D eigenvalue weighted by molar-refractivity contribution is 0.627. The van der Waals surface area contributed by atoms with Crippen LogP contribution in [0.3, 0.4) is 0 Å². The molecule has 0 aliphatic rings. The van der Waals surface area contributed by atoms with Gasteiger partial charge in [-0.1, -0.05) is 0 Å². The minimum Gasteiger partial charge on any atom is -0.382 e. The van der Waals surface area contributed by atoms with Gasteiger partial charge in [0.05, 0.1) is 18.1 Å². The molecule has 0 amide bonds. The van der Waals surface area contributed by atoms with Gasteiger partial charge in [0.1, 0.15) is 11.6 Å². The molecule has 2 N–H and O–H groups in total. The summed E-state index contributed by atoms with van der Waals surface area (Å²) in [6, 6.07) is 4.71. The summed E-state index contributed by atoms with van der Waals surface area (Å²) >= 11 is 0. The molecule has 0 radical (unpaired) electrons. The van der Waals surface area contributed by atoms with Gasteiger partial charge in [-0.2, -0.15) is 0 Å². The third kappa shape index (κ3) is 2.10. The maximum Gasteiger partial charge on any atom is 0.142 e. The van der Waals surface area contributed by atoms with Gasteiger partial charge in [0.25, 0.3) is 0 Å². The van der Waals surface area contributed by atoms with Crippen LogP contribution in [0.2, 0.25) is 0 Å². The Morgan fingerprint density at radius 2 is 2.00 bits per heavy atom. The summed E-state index contributed by atoms with van der Waals surface area (Å²) < 4.78 is 13.1. The molecule has 2 aromatic rings. The predicted molar refractivity (Wildman–Crippen MR) is 56.6 cm³/mol. The zero-order valence-electron chi connectivity index (χ0n) is 8.24. The van der Waals surface area contributed by atoms with Gasteiger partial charge < -0.3 is 5.73 Å². The monoisotopic (exact) mass is 203 g/mol. The molecule has 4 heteroatoms. The van der Waals surface area contributed by atoms with Crippen molar-refractivity contribution in [3.8, 4) is 11.3 Å². The highest BCUT2D eigenvalue weighted by Crippen LogP contribution is 2.19. The third-order valence-electron chi connectivity index (χ3n) is 1.99. The van der Waals surface area contributed by atoms with Crippen molar-refractivity contribution in [3.05, 3.63) is 42.0 Å². The maximum absolute atomic E-state index is 13.1. The zero-order chi connectivity index (χ0) is 10.8. The number of hydrogen-bond donors (Lipinski definition) is 1. The van der Waals surface area contributed by atoms with E-state index in [0.29, 0.717) is 17.1 Å². The number of benzene rings is 1. The Labute approximate surface area is 86.8 Å². The topological polar surface area (TPSA) is 51.8 Å². The van der Waals surface area contributed by atoms with Crippen molar-refractivity contribution in [3.63, 3.8) is 0 Å². The van der Waals surface area contributed by atoms with Gasteiger partial charge in [-0.15, -0.1) is 0 Å². The molecule has 76 valence electrons. The number of rotatable bonds is 1. The molecule has 3 nitrogen and oxygen atoms in total. The zero-order valence-corrected chi connectivity index (χ0v) is 8.24. The number of nitrogens with zero attached hydrogens (tertiary/aromatic N) is 2. The minimum atomic E-state index is -0.283. The number of halogens is 1. The lowest BCUT2D eigenvalue weighted by Gasteiger charge is -2.02. The van der Waals surface area contributed by atoms with Gasteiger partial charge in [0, 0.05) is 5.56 Å². The smallest absolute Gasteiger partial charge is 0.142 e. The molecule has 1 aromatic carbocycles. The molecule has 0 aliphatic heterocycles. The van der Waals surface area contributed by atoms with Crippen LogP contribution in [0.1, 0.15) is 5.56 Å². The first-order chi connectivity index (χ1) is 7.15. The fraction of sp³-hybridized carbons (Fsp3) is 0.0909. The van der Waals surface area contributed by atoms with Crippen molar-refractivity contribution in [1.82, 2.24) is 9.97 Å². The van der Waals surface area contributed by atoms with Crippen molar-refractivity contribution in [2.45, 2.75) is 6.92 Å². The van der Waals surface area contributed by atoms with E-state index in [4.69, 9.17) is 5.73 Å². The van der Waals surface area contributed by atoms with E-state index >= 15 is 0 Å². The Hall–Kier alpha value is -1.97. The average Bonchev–Trinajstić information content (AvgIpc) is 2.16. The first-order valence-electron chi connectivity index (χ1n) is 4.50. The molecule has 2 rings (SSSR count). The molecule has 0 aliphatic carbocycles. The Morgan fingerprint density at radius 3 is 2.67 bits per heavy atom. The molecule has 0 bridgehead atoms. The Bertz CT molecular complexity index is 477. The van der Waals surface area contributed by atoms with E-state index in [1.807, 2.05) is 13.0 Å². The van der Waals surface area contributed by atoms with E-state index in [0.717, 1.165) is 5.56 Å². The first-order valence-corrected chi connectivity index (χ1v) is 4.50. The molecule has 0 saturated carbocycles. The lowest BCUT2D eigenvalue weighted by atomic mass is 10.1. The summed E-state index contributed by atoms with van der Waals surface area (Å²) in [5.41, 5.74) is 7.61. The molecular formula is C11H10FN3. The summed E-state index contributed by atoms with van der Waals surface area (Å²) in [6.07, 6.45) is 3.01. The highest BCUT2D eigenvalue weighted by Gasteiger charge is 2.03. The lowest BCUT2D eigenvalue weighted by Crippen LogP contribution is -1.94. The van der Waals surface area contributed by atoms with Gasteiger partial charge in [-0.05, 0) is 30.7 Å². The summed E-state index contributed by atoms with van der Waals surface area (Å²) in [6.45, 7) is 1.83. The van der Waals surface area contributed by atoms with Crippen molar-refractivity contribution >= 4 is 5.82 Å². The highest BCUT2D eigenvalue weighted by atomic mass is 19.1. The largest absolute Gasteiger partial charge is 0.382 e. The fourth-order valence-electron chi connectivity index (χ4n) is 1.40. The van der Waals surface area contributed by atoms with Crippen LogP contribution in [-0.4, -0.2) is 9.97 Å². The fourth-order valence-corrected chi connectivity index (χ4v) is 1.40. The van der Waals surface area contributed by atoms with Crippen molar-refractivity contribution < 1.29 is 4.39 Å². The molecule has 0 spiro atoms. The van der Waals surface area contributed by atoms with Gasteiger partial charge in [-0.3, -0.25) is 4.98 Å². The molecule has 0 atom stereocenters. The van der Waals surface area contributed by atoms with Crippen LogP contribution < -0.4 is 5.73 Å². The van der Waals surface area contributed by atoms with Crippen LogP contribution in [0.25, 0.3) is 11.3 Å². The molecule has 1 heterocycles. The van der Waals surface area contributed by atoms with Crippen LogP contribution in [-0.2, 0) is 0 Å². The molecule has 0 fully saturated rings. The summed E-state index contributed by atoms with van der Waals surface area (Å²) in [7, 11) is 0. The normalized spacial score (nSPS) is 10.3. The van der Waals surface area contributed by atoms with Gasteiger partial charge in [0.2, 0.25) is 0 Å². The SMILES string of the molecule is Cc1cc(F)cc(-c2cncc(N)n2)c1. The molecule has 0 unspecified atom stereocenters. The van der Waals surface area contributed by atoms with E-state index in [2.05, 4.69) is 9.97 Å². The number of nitrogens with two attached hydrogens (primary N) is 1. The molecular weight excluding hydrogens is 193 g/mol. The summed E-state index contributed by atoms with van der Waals surface area (Å²) in [5.74, 6) is 0.0450. The Morgan fingerprint density at radius 1 is 1.20 bits per heavy atom. The molecule has 1 aromatic heterocycles. The number of nitrogen functional groups attached to an aromatic ring is 1. The number of aromatic nitrogens is 2. The number of hydrogen-bond acceptors (Lipinski definition) is 3. The third-order valence-corrected chi connectivity index (χ3v) is 1.99. The van der Waals surface area contributed by atoms with E-state index in [1.165, 1.54) is 18.3 Å². The van der Waals surface area contributed by atoms with Gasteiger partial charge in [0.15, 0.2) is 0 Å². The van der Waals surface area contributed by atoms with E-state index in [1.54, 1.807) is 6.20 Å². The molecule has 0 saturated heterocycles. The van der Waals surface area contributed by atoms with Crippen LogP contribution in [0, 0.1) is 12.7 Å². The minimum absolute atomic E-state index is 0.283. The van der Waals surface area contributed by atoms with E-state index < -0.39 is 0 Å². The van der Waals surface area contributed by atoms with Crippen LogP contribution in [0.4, 0.5) is 10.2 Å². The second-order valence-electron chi connectivity index (χ2n) is 3.35. The summed E-state index contributed by atoms with van der Waals surface area (Å²) in [5, 5.41) is 0. The van der Waals surface area contributed by atoms with Crippen molar-refractivity contribution in [2.75, 3.05) is 5.73 Å². The van der Waals surface area contributed by atoms with Crippen molar-refractivity contribution in [2.24, 2.45) is 0 Å². The standard InChI is InChI=1S/C11H10FN3/c1-7-2-8(4-9(12)3-7)10-5-14-6-11(13)15-10/h2-6H,1H3,(H2,13,15). The Kier molecular flexibility index (Phi) is 2.33. The Balaban J connectivity index is 2.54. The predicted octanol–water partition coefficient (Wildman–Crippen LogP) is 2.17. The second kappa shape index (κ2) is 3.65.